The summed E-state index contributed by atoms with van der Waals surface area (Å²) >= 11 is 0. The van der Waals surface area contributed by atoms with Crippen LogP contribution < -0.4 is 16.0 Å². The smallest absolute Gasteiger partial charge is 0.251 e. The number of primary amides is 1. The van der Waals surface area contributed by atoms with Gasteiger partial charge in [0, 0.05) is 37.8 Å². The number of hydrogen-bond donors (Lipinski definition) is 2. The maximum Gasteiger partial charge on any atom is 0.251 e. The largest absolute Gasteiger partial charge is 0.468 e. The molecule has 3 N–H and O–H groups in total. The first-order valence-corrected chi connectivity index (χ1v) is 10.7. The van der Waals surface area contributed by atoms with Gasteiger partial charge in [-0.05, 0) is 42.0 Å². The second kappa shape index (κ2) is 11.6. The molecule has 8 heteroatoms. The Labute approximate surface area is 193 Å². The molecule has 0 saturated heterocycles. The van der Waals surface area contributed by atoms with Gasteiger partial charge < -0.3 is 20.4 Å². The van der Waals surface area contributed by atoms with Crippen molar-refractivity contribution in [2.45, 2.75) is 19.5 Å². The SMILES string of the molecule is CNC(=O)c1ccc(CN(CC(=O)N(CCC(N)=O)c2ccccc2)Cc2ccco2)cc1. The third kappa shape index (κ3) is 7.05. The van der Waals surface area contributed by atoms with E-state index >= 15 is 0 Å². The van der Waals surface area contributed by atoms with Crippen molar-refractivity contribution >= 4 is 23.4 Å². The Hall–Kier alpha value is -3.91. The third-order valence-corrected chi connectivity index (χ3v) is 5.12. The van der Waals surface area contributed by atoms with Gasteiger partial charge in [0.1, 0.15) is 5.76 Å². The zero-order chi connectivity index (χ0) is 23.6. The van der Waals surface area contributed by atoms with Crippen molar-refractivity contribution in [2.75, 3.05) is 25.0 Å². The normalized spacial score (nSPS) is 10.7. The molecular formula is C25H28N4O4. The molecule has 0 fully saturated rings. The van der Waals surface area contributed by atoms with Crippen LogP contribution >= 0.6 is 0 Å². The van der Waals surface area contributed by atoms with Crippen LogP contribution in [0, 0.1) is 0 Å². The first-order valence-electron chi connectivity index (χ1n) is 10.7. The zero-order valence-electron chi connectivity index (χ0n) is 18.6. The number of nitrogens with one attached hydrogen (secondary N) is 1. The molecule has 0 atom stereocenters. The Morgan fingerprint density at radius 1 is 0.939 bits per heavy atom. The molecule has 3 aromatic rings. The number of anilines is 1. The summed E-state index contributed by atoms with van der Waals surface area (Å²) in [5.41, 5.74) is 7.55. The molecule has 8 nitrogen and oxygen atoms in total. The molecule has 172 valence electrons. The highest BCUT2D eigenvalue weighted by Crippen LogP contribution is 2.17. The van der Waals surface area contributed by atoms with Crippen molar-refractivity contribution in [3.05, 3.63) is 89.9 Å². The lowest BCUT2D eigenvalue weighted by Crippen LogP contribution is -2.41. The molecule has 33 heavy (non-hydrogen) atoms. The van der Waals surface area contributed by atoms with Crippen molar-refractivity contribution in [3.63, 3.8) is 0 Å². The second-order valence-corrected chi connectivity index (χ2v) is 7.60. The highest BCUT2D eigenvalue weighted by atomic mass is 16.3. The Morgan fingerprint density at radius 2 is 1.67 bits per heavy atom. The van der Waals surface area contributed by atoms with Gasteiger partial charge in [-0.2, -0.15) is 0 Å². The summed E-state index contributed by atoms with van der Waals surface area (Å²) < 4.78 is 5.49. The van der Waals surface area contributed by atoms with Crippen molar-refractivity contribution in [1.82, 2.24) is 10.2 Å². The standard InChI is InChI=1S/C25H28N4O4/c1-27-25(32)20-11-9-19(10-12-20)16-28(17-22-8-5-15-33-22)18-24(31)29(14-13-23(26)30)21-6-3-2-4-7-21/h2-12,15H,13-14,16-18H2,1H3,(H2,26,30)(H,27,32). The Kier molecular flexibility index (Phi) is 8.37. The minimum absolute atomic E-state index is 0.0692. The quantitative estimate of drug-likeness (QED) is 0.469. The van der Waals surface area contributed by atoms with Gasteiger partial charge in [-0.1, -0.05) is 30.3 Å². The summed E-state index contributed by atoms with van der Waals surface area (Å²) in [6.45, 7) is 1.20. The Morgan fingerprint density at radius 3 is 2.27 bits per heavy atom. The number of hydrogen-bond acceptors (Lipinski definition) is 5. The fourth-order valence-corrected chi connectivity index (χ4v) is 3.46. The molecule has 0 aliphatic carbocycles. The first-order chi connectivity index (χ1) is 16.0. The minimum Gasteiger partial charge on any atom is -0.468 e. The highest BCUT2D eigenvalue weighted by molar-refractivity contribution is 5.95. The third-order valence-electron chi connectivity index (χ3n) is 5.12. The maximum atomic E-state index is 13.3. The molecule has 1 aromatic heterocycles. The molecule has 0 aliphatic heterocycles. The average molecular weight is 449 g/mol. The van der Waals surface area contributed by atoms with E-state index in [2.05, 4.69) is 5.32 Å². The fraction of sp³-hybridized carbons (Fsp3) is 0.240. The van der Waals surface area contributed by atoms with E-state index in [1.165, 1.54) is 0 Å². The molecule has 1 heterocycles. The molecule has 3 amide bonds. The summed E-state index contributed by atoms with van der Waals surface area (Å²) in [4.78, 5) is 40.0. The molecule has 0 radical (unpaired) electrons. The number of furan rings is 1. The molecule has 3 rings (SSSR count). The molecule has 0 bridgehead atoms. The summed E-state index contributed by atoms with van der Waals surface area (Å²) in [6, 6.07) is 20.1. The summed E-state index contributed by atoms with van der Waals surface area (Å²) in [7, 11) is 1.59. The lowest BCUT2D eigenvalue weighted by molar-refractivity contribution is -0.120. The molecular weight excluding hydrogens is 420 g/mol. The van der Waals surface area contributed by atoms with E-state index in [-0.39, 0.29) is 31.3 Å². The van der Waals surface area contributed by atoms with Crippen LogP contribution in [0.25, 0.3) is 0 Å². The van der Waals surface area contributed by atoms with Gasteiger partial charge in [-0.3, -0.25) is 19.3 Å². The van der Waals surface area contributed by atoms with E-state index < -0.39 is 5.91 Å². The van der Waals surface area contributed by atoms with E-state index in [4.69, 9.17) is 10.2 Å². The lowest BCUT2D eigenvalue weighted by Gasteiger charge is -2.27. The maximum absolute atomic E-state index is 13.3. The van der Waals surface area contributed by atoms with Crippen LogP contribution in [-0.2, 0) is 22.7 Å². The van der Waals surface area contributed by atoms with E-state index in [0.717, 1.165) is 11.3 Å². The average Bonchev–Trinajstić information content (AvgIpc) is 3.32. The number of benzene rings is 2. The number of nitrogens with zero attached hydrogens (tertiary/aromatic N) is 2. The monoisotopic (exact) mass is 448 g/mol. The molecule has 0 saturated carbocycles. The van der Waals surface area contributed by atoms with Crippen LogP contribution in [0.2, 0.25) is 0 Å². The summed E-state index contributed by atoms with van der Waals surface area (Å²) in [5.74, 6) is -0.0475. The number of carbonyl (C=O) groups excluding carboxylic acids is 3. The first kappa shape index (κ1) is 23.7. The van der Waals surface area contributed by atoms with Gasteiger partial charge in [0.25, 0.3) is 5.91 Å². The summed E-state index contributed by atoms with van der Waals surface area (Å²) in [6.07, 6.45) is 1.66. The van der Waals surface area contributed by atoms with Gasteiger partial charge in [0.15, 0.2) is 0 Å². The lowest BCUT2D eigenvalue weighted by atomic mass is 10.1. The van der Waals surface area contributed by atoms with Gasteiger partial charge in [-0.15, -0.1) is 0 Å². The predicted molar refractivity (Wildman–Crippen MR) is 125 cm³/mol. The van der Waals surface area contributed by atoms with Crippen molar-refractivity contribution in [3.8, 4) is 0 Å². The van der Waals surface area contributed by atoms with Gasteiger partial charge >= 0.3 is 0 Å². The van der Waals surface area contributed by atoms with Gasteiger partial charge in [0.2, 0.25) is 11.8 Å². The number of rotatable bonds is 11. The van der Waals surface area contributed by atoms with Crippen molar-refractivity contribution < 1.29 is 18.8 Å². The topological polar surface area (TPSA) is 109 Å². The predicted octanol–water partition coefficient (Wildman–Crippen LogP) is 2.55. The number of nitrogens with two attached hydrogens (primary N) is 1. The Balaban J connectivity index is 1.78. The van der Waals surface area contributed by atoms with Gasteiger partial charge in [-0.25, -0.2) is 0 Å². The van der Waals surface area contributed by atoms with E-state index in [0.29, 0.717) is 24.3 Å². The second-order valence-electron chi connectivity index (χ2n) is 7.60. The van der Waals surface area contributed by atoms with Crippen LogP contribution in [0.15, 0.2) is 77.4 Å². The van der Waals surface area contributed by atoms with Crippen LogP contribution in [0.3, 0.4) is 0 Å². The van der Waals surface area contributed by atoms with E-state index in [1.54, 1.807) is 36.4 Å². The van der Waals surface area contributed by atoms with Crippen LogP contribution in [0.1, 0.15) is 28.1 Å². The number of para-hydroxylation sites is 1. The fourth-order valence-electron chi connectivity index (χ4n) is 3.46. The van der Waals surface area contributed by atoms with Gasteiger partial charge in [0.05, 0.1) is 19.4 Å². The molecule has 2 aromatic carbocycles. The van der Waals surface area contributed by atoms with Crippen molar-refractivity contribution in [2.24, 2.45) is 5.73 Å². The molecule has 0 spiro atoms. The molecule has 0 aliphatic rings. The zero-order valence-corrected chi connectivity index (χ0v) is 18.6. The molecule has 0 unspecified atom stereocenters. The number of carbonyl (C=O) groups is 3. The van der Waals surface area contributed by atoms with Crippen LogP contribution in [-0.4, -0.2) is 42.8 Å². The minimum atomic E-state index is -0.465. The number of amides is 3. The van der Waals surface area contributed by atoms with Crippen LogP contribution in [0.4, 0.5) is 5.69 Å². The van der Waals surface area contributed by atoms with E-state index in [9.17, 15) is 14.4 Å². The van der Waals surface area contributed by atoms with Crippen LogP contribution in [0.5, 0.6) is 0 Å². The Bertz CT molecular complexity index is 1050. The highest BCUT2D eigenvalue weighted by Gasteiger charge is 2.21. The summed E-state index contributed by atoms with van der Waals surface area (Å²) in [5, 5.41) is 2.60. The van der Waals surface area contributed by atoms with Crippen molar-refractivity contribution in [1.29, 1.82) is 0 Å². The van der Waals surface area contributed by atoms with E-state index in [1.807, 2.05) is 53.4 Å².